The molecule has 2 unspecified atom stereocenters. The molecule has 0 saturated heterocycles. The van der Waals surface area contributed by atoms with Gasteiger partial charge in [-0.2, -0.15) is 0 Å². The number of unbranched alkanes of at least 4 members (excludes halogenated alkanes) is 51. The third kappa shape index (κ3) is 65.2. The number of carbonyl (C=O) groups excluding carboxylic acids is 2. The molecule has 0 aliphatic rings. The first-order chi connectivity index (χ1) is 39.5. The van der Waals surface area contributed by atoms with Gasteiger partial charge in [-0.1, -0.05) is 339 Å². The Morgan fingerprint density at radius 1 is 0.350 bits per heavy atom. The Bertz CT molecular complexity index is 1300. The maximum Gasteiger partial charge on any atom is 0.305 e. The van der Waals surface area contributed by atoms with Crippen molar-refractivity contribution in [1.29, 1.82) is 0 Å². The van der Waals surface area contributed by atoms with Gasteiger partial charge in [0.2, 0.25) is 5.91 Å². The molecule has 0 rings (SSSR count). The van der Waals surface area contributed by atoms with Gasteiger partial charge < -0.3 is 20.3 Å². The van der Waals surface area contributed by atoms with E-state index in [9.17, 15) is 19.8 Å². The summed E-state index contributed by atoms with van der Waals surface area (Å²) in [6.07, 6.45) is 89.4. The van der Waals surface area contributed by atoms with Crippen LogP contribution in [0.1, 0.15) is 399 Å². The molecule has 0 saturated carbocycles. The Labute approximate surface area is 500 Å². The van der Waals surface area contributed by atoms with Crippen molar-refractivity contribution >= 4 is 11.9 Å². The lowest BCUT2D eigenvalue weighted by Gasteiger charge is -2.22. The molecule has 1 amide bonds. The molecule has 0 aliphatic carbocycles. The zero-order valence-electron chi connectivity index (χ0n) is 54.1. The Morgan fingerprint density at radius 3 is 0.988 bits per heavy atom. The average molecular weight is 1120 g/mol. The van der Waals surface area contributed by atoms with Gasteiger partial charge in [-0.05, 0) is 83.5 Å². The summed E-state index contributed by atoms with van der Waals surface area (Å²) < 4.78 is 5.48. The summed E-state index contributed by atoms with van der Waals surface area (Å²) in [5.74, 6) is -0.0202. The zero-order valence-corrected chi connectivity index (χ0v) is 54.1. The summed E-state index contributed by atoms with van der Waals surface area (Å²) in [4.78, 5) is 24.5. The van der Waals surface area contributed by atoms with Crippen LogP contribution < -0.4 is 5.32 Å². The minimum atomic E-state index is -0.661. The van der Waals surface area contributed by atoms with Gasteiger partial charge in [-0.15, -0.1) is 0 Å². The summed E-state index contributed by atoms with van der Waals surface area (Å²) in [6, 6.07) is -0.538. The number of nitrogens with one attached hydrogen (secondary N) is 1. The molecule has 80 heavy (non-hydrogen) atoms. The van der Waals surface area contributed by atoms with Gasteiger partial charge in [-0.25, -0.2) is 0 Å². The van der Waals surface area contributed by atoms with Crippen molar-refractivity contribution in [3.05, 3.63) is 36.5 Å². The number of allylic oxidation sites excluding steroid dienone is 6. The van der Waals surface area contributed by atoms with Crippen LogP contribution in [0.5, 0.6) is 0 Å². The first-order valence-corrected chi connectivity index (χ1v) is 36.2. The second-order valence-corrected chi connectivity index (χ2v) is 24.9. The Morgan fingerprint density at radius 2 is 0.625 bits per heavy atom. The molecule has 0 spiro atoms. The minimum Gasteiger partial charge on any atom is -0.466 e. The Kier molecular flexibility index (Phi) is 67.9. The van der Waals surface area contributed by atoms with Gasteiger partial charge >= 0.3 is 5.97 Å². The molecule has 6 heteroatoms. The van der Waals surface area contributed by atoms with Gasteiger partial charge in [0.25, 0.3) is 0 Å². The number of hydrogen-bond donors (Lipinski definition) is 3. The monoisotopic (exact) mass is 1120 g/mol. The molecular weight excluding hydrogens is 983 g/mol. The van der Waals surface area contributed by atoms with E-state index in [4.69, 9.17) is 4.74 Å². The lowest BCUT2D eigenvalue weighted by atomic mass is 10.0. The molecule has 472 valence electrons. The molecule has 3 N–H and O–H groups in total. The number of rotatable bonds is 68. The smallest absolute Gasteiger partial charge is 0.305 e. The van der Waals surface area contributed by atoms with E-state index < -0.39 is 12.1 Å². The molecule has 0 aromatic rings. The van der Waals surface area contributed by atoms with Crippen LogP contribution in [0.4, 0.5) is 0 Å². The van der Waals surface area contributed by atoms with E-state index in [2.05, 4.69) is 55.6 Å². The van der Waals surface area contributed by atoms with Crippen LogP contribution in [0.15, 0.2) is 36.5 Å². The van der Waals surface area contributed by atoms with Crippen LogP contribution in [0.3, 0.4) is 0 Å². The zero-order chi connectivity index (χ0) is 57.8. The third-order valence-electron chi connectivity index (χ3n) is 16.9. The summed E-state index contributed by atoms with van der Waals surface area (Å²) >= 11 is 0. The fourth-order valence-electron chi connectivity index (χ4n) is 11.4. The fraction of sp³-hybridized carbons (Fsp3) is 0.892. The summed E-state index contributed by atoms with van der Waals surface area (Å²) in [5.41, 5.74) is 0. The minimum absolute atomic E-state index is 0.0104. The second-order valence-electron chi connectivity index (χ2n) is 24.9. The van der Waals surface area contributed by atoms with E-state index in [-0.39, 0.29) is 18.5 Å². The molecule has 0 heterocycles. The number of carbonyl (C=O) groups is 2. The van der Waals surface area contributed by atoms with Gasteiger partial charge in [0.05, 0.1) is 25.4 Å². The first-order valence-electron chi connectivity index (χ1n) is 36.2. The van der Waals surface area contributed by atoms with Crippen molar-refractivity contribution in [2.45, 2.75) is 411 Å². The van der Waals surface area contributed by atoms with E-state index in [1.807, 2.05) is 0 Å². The molecule has 0 bridgehead atoms. The van der Waals surface area contributed by atoms with Gasteiger partial charge in [0, 0.05) is 12.8 Å². The number of aliphatic hydroxyl groups excluding tert-OH is 2. The van der Waals surface area contributed by atoms with E-state index in [0.717, 1.165) is 51.4 Å². The molecular formula is C74H141NO5. The van der Waals surface area contributed by atoms with E-state index in [0.29, 0.717) is 25.9 Å². The maximum atomic E-state index is 12.5. The fourth-order valence-corrected chi connectivity index (χ4v) is 11.4. The van der Waals surface area contributed by atoms with Gasteiger partial charge in [0.1, 0.15) is 0 Å². The van der Waals surface area contributed by atoms with Crippen molar-refractivity contribution in [2.24, 2.45) is 0 Å². The maximum absolute atomic E-state index is 12.5. The predicted octanol–water partition coefficient (Wildman–Crippen LogP) is 23.5. The van der Waals surface area contributed by atoms with Crippen LogP contribution in [-0.4, -0.2) is 47.4 Å². The number of aliphatic hydroxyl groups is 2. The number of amides is 1. The lowest BCUT2D eigenvalue weighted by Crippen LogP contribution is -2.45. The van der Waals surface area contributed by atoms with Gasteiger partial charge in [0.15, 0.2) is 0 Å². The first kappa shape index (κ1) is 78.1. The number of hydrogen-bond acceptors (Lipinski definition) is 5. The highest BCUT2D eigenvalue weighted by Crippen LogP contribution is 2.19. The third-order valence-corrected chi connectivity index (χ3v) is 16.9. The molecule has 6 nitrogen and oxygen atoms in total. The quantitative estimate of drug-likeness (QED) is 0.0320. The van der Waals surface area contributed by atoms with Crippen LogP contribution >= 0.6 is 0 Å². The van der Waals surface area contributed by atoms with Crippen LogP contribution in [0.2, 0.25) is 0 Å². The van der Waals surface area contributed by atoms with Crippen molar-refractivity contribution in [2.75, 3.05) is 13.2 Å². The Hall–Kier alpha value is -1.92. The normalized spacial score (nSPS) is 12.7. The number of ether oxygens (including phenoxy) is 1. The largest absolute Gasteiger partial charge is 0.466 e. The van der Waals surface area contributed by atoms with Crippen molar-refractivity contribution < 1.29 is 24.5 Å². The topological polar surface area (TPSA) is 95.9 Å². The SMILES string of the molecule is CCCCC/C=C\CCCCCCCC(=O)OCCCCCCCCCCCCCCCCC/C=C\C/C=C\CCCCCCCCCCCCCCCCCCCC(=O)NC(CO)C(O)CCCCCCCCCCCCCC. The summed E-state index contributed by atoms with van der Waals surface area (Å²) in [7, 11) is 0. The van der Waals surface area contributed by atoms with Crippen LogP contribution in [0.25, 0.3) is 0 Å². The highest BCUT2D eigenvalue weighted by Gasteiger charge is 2.20. The molecule has 0 aromatic carbocycles. The Balaban J connectivity index is 3.34. The van der Waals surface area contributed by atoms with Crippen LogP contribution in [-0.2, 0) is 14.3 Å². The van der Waals surface area contributed by atoms with Gasteiger partial charge in [-0.3, -0.25) is 9.59 Å². The standard InChI is InChI=1S/C74H141NO5/c1-3-5-7-9-11-13-15-46-50-54-58-62-66-72(77)71(70-76)75-73(78)67-63-59-55-51-47-44-42-40-38-36-34-32-30-28-26-24-22-20-18-17-19-21-23-25-27-29-31-33-35-37-39-41-43-45-49-53-57-61-65-69-80-74(79)68-64-60-56-52-48-16-14-12-10-8-6-4-2/h12,14,17-18,21,23,71-72,76-77H,3-11,13,15-16,19-20,22,24-70H2,1-2H3,(H,75,78)/b14-12-,18-17-,23-21-. The molecule has 0 radical (unpaired) electrons. The average Bonchev–Trinajstić information content (AvgIpc) is 3.46. The second kappa shape index (κ2) is 69.6. The molecule has 2 atom stereocenters. The summed E-state index contributed by atoms with van der Waals surface area (Å²) in [6.45, 7) is 4.95. The summed E-state index contributed by atoms with van der Waals surface area (Å²) in [5, 5.41) is 23.3. The van der Waals surface area contributed by atoms with Crippen LogP contribution in [0, 0.1) is 0 Å². The highest BCUT2D eigenvalue weighted by molar-refractivity contribution is 5.76. The lowest BCUT2D eigenvalue weighted by molar-refractivity contribution is -0.143. The molecule has 0 aliphatic heterocycles. The van der Waals surface area contributed by atoms with Crippen molar-refractivity contribution in [3.8, 4) is 0 Å². The molecule has 0 fully saturated rings. The van der Waals surface area contributed by atoms with E-state index in [1.165, 1.54) is 315 Å². The molecule has 0 aromatic heterocycles. The number of esters is 1. The van der Waals surface area contributed by atoms with Crippen molar-refractivity contribution in [3.63, 3.8) is 0 Å². The van der Waals surface area contributed by atoms with Crippen molar-refractivity contribution in [1.82, 2.24) is 5.32 Å². The predicted molar refractivity (Wildman–Crippen MR) is 352 cm³/mol. The van der Waals surface area contributed by atoms with E-state index in [1.54, 1.807) is 0 Å². The van der Waals surface area contributed by atoms with E-state index >= 15 is 0 Å². The highest BCUT2D eigenvalue weighted by atomic mass is 16.5.